The molecule has 0 aromatic heterocycles. The molecule has 0 saturated heterocycles. The molecule has 2 N–H and O–H groups in total. The number of nitro benzene ring substituents is 1. The smallest absolute Gasteiger partial charge is 0.305 e. The van der Waals surface area contributed by atoms with Gasteiger partial charge in [-0.2, -0.15) is 4.39 Å². The van der Waals surface area contributed by atoms with Crippen LogP contribution in [0.3, 0.4) is 0 Å². The number of likely N-dealkylation sites (N-methyl/N-ethyl adjacent to an activating group) is 1. The molecule has 0 aliphatic rings. The van der Waals surface area contributed by atoms with Gasteiger partial charge in [-0.15, -0.1) is 0 Å². The summed E-state index contributed by atoms with van der Waals surface area (Å²) in [6.07, 6.45) is -0.971. The molecule has 0 saturated carbocycles. The minimum absolute atomic E-state index is 0.0488. The number of benzene rings is 1. The first kappa shape index (κ1) is 14.5. The normalized spacial score (nSPS) is 12.7. The Labute approximate surface area is 103 Å². The van der Waals surface area contributed by atoms with Crippen LogP contribution in [0.15, 0.2) is 18.2 Å². The van der Waals surface area contributed by atoms with Crippen molar-refractivity contribution in [3.05, 3.63) is 39.7 Å². The number of rotatable bonds is 6. The van der Waals surface area contributed by atoms with Crippen LogP contribution in [0.4, 0.5) is 10.1 Å². The van der Waals surface area contributed by atoms with E-state index in [1.807, 2.05) is 0 Å². The van der Waals surface area contributed by atoms with E-state index in [2.05, 4.69) is 0 Å². The van der Waals surface area contributed by atoms with Crippen LogP contribution in [0.1, 0.15) is 11.7 Å². The zero-order valence-electron chi connectivity index (χ0n) is 9.91. The molecule has 0 bridgehead atoms. The highest BCUT2D eigenvalue weighted by Crippen LogP contribution is 2.23. The Bertz CT molecular complexity index is 428. The first-order chi connectivity index (χ1) is 8.45. The molecule has 100 valence electrons. The van der Waals surface area contributed by atoms with Gasteiger partial charge in [-0.05, 0) is 18.7 Å². The lowest BCUT2D eigenvalue weighted by molar-refractivity contribution is -0.387. The van der Waals surface area contributed by atoms with Crippen LogP contribution in [0.5, 0.6) is 0 Å². The summed E-state index contributed by atoms with van der Waals surface area (Å²) in [7, 11) is 1.69. The molecule has 7 heteroatoms. The highest BCUT2D eigenvalue weighted by Gasteiger charge is 2.18. The van der Waals surface area contributed by atoms with Crippen molar-refractivity contribution in [1.29, 1.82) is 0 Å². The van der Waals surface area contributed by atoms with Crippen molar-refractivity contribution in [2.75, 3.05) is 26.7 Å². The summed E-state index contributed by atoms with van der Waals surface area (Å²) in [6.45, 7) is 0.524. The lowest BCUT2D eigenvalue weighted by atomic mass is 10.1. The van der Waals surface area contributed by atoms with Gasteiger partial charge < -0.3 is 15.1 Å². The Hall–Kier alpha value is -1.57. The minimum atomic E-state index is -0.971. The predicted octanol–water partition coefficient (Wildman–Crippen LogP) is 0.691. The average Bonchev–Trinajstić information content (AvgIpc) is 2.29. The SMILES string of the molecule is CN(CCO)CC(O)c1ccc(F)c([N+](=O)[O-])c1. The summed E-state index contributed by atoms with van der Waals surface area (Å²) in [5, 5.41) is 29.1. The van der Waals surface area contributed by atoms with E-state index >= 15 is 0 Å². The molecule has 0 aliphatic heterocycles. The molecule has 0 amide bonds. The minimum Gasteiger partial charge on any atom is -0.395 e. The molecule has 0 heterocycles. The molecule has 0 radical (unpaired) electrons. The van der Waals surface area contributed by atoms with Crippen molar-refractivity contribution in [1.82, 2.24) is 4.90 Å². The number of hydrogen-bond donors (Lipinski definition) is 2. The summed E-state index contributed by atoms with van der Waals surface area (Å²) in [6, 6.07) is 3.29. The van der Waals surface area contributed by atoms with Crippen LogP contribution >= 0.6 is 0 Å². The summed E-state index contributed by atoms with van der Waals surface area (Å²) >= 11 is 0. The number of hydrogen-bond acceptors (Lipinski definition) is 5. The van der Waals surface area contributed by atoms with Gasteiger partial charge in [0.25, 0.3) is 0 Å². The highest BCUT2D eigenvalue weighted by atomic mass is 19.1. The summed E-state index contributed by atoms with van der Waals surface area (Å²) in [5.74, 6) is -0.931. The molecule has 1 atom stereocenters. The van der Waals surface area contributed by atoms with Gasteiger partial charge in [0.05, 0.1) is 17.6 Å². The Morgan fingerprint density at radius 1 is 1.56 bits per heavy atom. The molecule has 0 spiro atoms. The van der Waals surface area contributed by atoms with E-state index in [1.54, 1.807) is 11.9 Å². The van der Waals surface area contributed by atoms with Crippen molar-refractivity contribution < 1.29 is 19.5 Å². The molecule has 1 rings (SSSR count). The Balaban J connectivity index is 2.83. The predicted molar refractivity (Wildman–Crippen MR) is 62.6 cm³/mol. The maximum atomic E-state index is 13.1. The average molecular weight is 258 g/mol. The lowest BCUT2D eigenvalue weighted by Gasteiger charge is -2.19. The number of aliphatic hydroxyl groups excluding tert-OH is 2. The van der Waals surface area contributed by atoms with Crippen molar-refractivity contribution in [2.45, 2.75) is 6.10 Å². The third-order valence-corrected chi connectivity index (χ3v) is 2.52. The molecule has 0 fully saturated rings. The first-order valence-electron chi connectivity index (χ1n) is 5.37. The number of halogens is 1. The van der Waals surface area contributed by atoms with E-state index in [-0.39, 0.29) is 18.7 Å². The monoisotopic (exact) mass is 258 g/mol. The summed E-state index contributed by atoms with van der Waals surface area (Å²) < 4.78 is 13.1. The lowest BCUT2D eigenvalue weighted by Crippen LogP contribution is -2.27. The quantitative estimate of drug-likeness (QED) is 0.579. The van der Waals surface area contributed by atoms with Crippen molar-refractivity contribution in [2.24, 2.45) is 0 Å². The molecular weight excluding hydrogens is 243 g/mol. The maximum Gasteiger partial charge on any atom is 0.305 e. The van der Waals surface area contributed by atoms with Gasteiger partial charge in [0, 0.05) is 19.2 Å². The van der Waals surface area contributed by atoms with Crippen LogP contribution in [0.2, 0.25) is 0 Å². The van der Waals surface area contributed by atoms with Crippen LogP contribution < -0.4 is 0 Å². The molecule has 1 unspecified atom stereocenters. The summed E-state index contributed by atoms with van der Waals surface area (Å²) in [4.78, 5) is 11.4. The maximum absolute atomic E-state index is 13.1. The van der Waals surface area contributed by atoms with E-state index in [4.69, 9.17) is 5.11 Å². The largest absolute Gasteiger partial charge is 0.395 e. The van der Waals surface area contributed by atoms with E-state index in [9.17, 15) is 19.6 Å². The van der Waals surface area contributed by atoms with Gasteiger partial charge in [-0.3, -0.25) is 10.1 Å². The molecule has 1 aromatic rings. The molecule has 18 heavy (non-hydrogen) atoms. The second-order valence-electron chi connectivity index (χ2n) is 3.97. The van der Waals surface area contributed by atoms with Gasteiger partial charge in [0.1, 0.15) is 0 Å². The van der Waals surface area contributed by atoms with Crippen LogP contribution in [0.25, 0.3) is 0 Å². The first-order valence-corrected chi connectivity index (χ1v) is 5.37. The molecule has 1 aromatic carbocycles. The highest BCUT2D eigenvalue weighted by molar-refractivity contribution is 5.37. The van der Waals surface area contributed by atoms with Crippen LogP contribution in [-0.4, -0.2) is 46.8 Å². The van der Waals surface area contributed by atoms with Crippen LogP contribution in [-0.2, 0) is 0 Å². The van der Waals surface area contributed by atoms with Crippen LogP contribution in [0, 0.1) is 15.9 Å². The topological polar surface area (TPSA) is 86.8 Å². The number of nitro groups is 1. The van der Waals surface area contributed by atoms with Gasteiger partial charge >= 0.3 is 5.69 Å². The fourth-order valence-corrected chi connectivity index (χ4v) is 1.54. The van der Waals surface area contributed by atoms with Gasteiger partial charge in [-0.25, -0.2) is 0 Å². The fourth-order valence-electron chi connectivity index (χ4n) is 1.54. The standard InChI is InChI=1S/C11H15FN2O4/c1-13(4-5-15)7-11(16)8-2-3-9(12)10(6-8)14(17)18/h2-3,6,11,15-16H,4-5,7H2,1H3. The summed E-state index contributed by atoms with van der Waals surface area (Å²) in [5.41, 5.74) is -0.385. The third kappa shape index (κ3) is 3.73. The fraction of sp³-hybridized carbons (Fsp3) is 0.455. The third-order valence-electron chi connectivity index (χ3n) is 2.52. The van der Waals surface area contributed by atoms with Gasteiger partial charge in [-0.1, -0.05) is 6.07 Å². The Morgan fingerprint density at radius 2 is 2.22 bits per heavy atom. The number of nitrogens with zero attached hydrogens (tertiary/aromatic N) is 2. The van der Waals surface area contributed by atoms with Gasteiger partial charge in [0.15, 0.2) is 0 Å². The van der Waals surface area contributed by atoms with E-state index in [0.29, 0.717) is 6.54 Å². The molecule has 0 aliphatic carbocycles. The Morgan fingerprint density at radius 3 is 2.78 bits per heavy atom. The van der Waals surface area contributed by atoms with E-state index in [1.165, 1.54) is 6.07 Å². The second-order valence-corrected chi connectivity index (χ2v) is 3.97. The molecular formula is C11H15FN2O4. The van der Waals surface area contributed by atoms with Crippen molar-refractivity contribution in [3.63, 3.8) is 0 Å². The van der Waals surface area contributed by atoms with E-state index in [0.717, 1.165) is 12.1 Å². The zero-order valence-corrected chi connectivity index (χ0v) is 9.91. The number of aliphatic hydroxyl groups is 2. The van der Waals surface area contributed by atoms with E-state index < -0.39 is 22.5 Å². The van der Waals surface area contributed by atoms with Crippen molar-refractivity contribution in [3.8, 4) is 0 Å². The Kier molecular flexibility index (Phi) is 5.14. The van der Waals surface area contributed by atoms with Gasteiger partial charge in [0.2, 0.25) is 5.82 Å². The second kappa shape index (κ2) is 6.39. The van der Waals surface area contributed by atoms with Crippen molar-refractivity contribution >= 4 is 5.69 Å². The zero-order chi connectivity index (χ0) is 13.7. The molecule has 6 nitrogen and oxygen atoms in total.